The van der Waals surface area contributed by atoms with Crippen LogP contribution >= 0.6 is 0 Å². The number of imidazole rings is 1. The van der Waals surface area contributed by atoms with Crippen molar-refractivity contribution in [1.82, 2.24) is 24.3 Å². The van der Waals surface area contributed by atoms with Crippen LogP contribution in [0.5, 0.6) is 0 Å². The van der Waals surface area contributed by atoms with Gasteiger partial charge in [0, 0.05) is 44.2 Å². The lowest BCUT2D eigenvalue weighted by Crippen LogP contribution is -2.39. The molecule has 8 nitrogen and oxygen atoms in total. The van der Waals surface area contributed by atoms with Crippen LogP contribution in [0.25, 0.3) is 17.2 Å². The zero-order chi connectivity index (χ0) is 22.7. The minimum Gasteiger partial charge on any atom is -0.405 e. The number of aromatic nitrogens is 5. The number of alkyl halides is 3. The molecular weight excluding hydrogens is 421 g/mol. The van der Waals surface area contributed by atoms with Gasteiger partial charge in [-0.05, 0) is 31.2 Å². The van der Waals surface area contributed by atoms with Crippen molar-refractivity contribution >= 4 is 17.2 Å². The van der Waals surface area contributed by atoms with Crippen LogP contribution < -0.4 is 10.6 Å². The van der Waals surface area contributed by atoms with Crippen molar-refractivity contribution < 1.29 is 13.2 Å². The van der Waals surface area contributed by atoms with Gasteiger partial charge in [0.25, 0.3) is 0 Å². The van der Waals surface area contributed by atoms with E-state index in [0.29, 0.717) is 17.2 Å². The molecule has 2 N–H and O–H groups in total. The second-order valence-corrected chi connectivity index (χ2v) is 7.57. The maximum atomic E-state index is 12.8. The van der Waals surface area contributed by atoms with Crippen LogP contribution in [0.1, 0.15) is 18.5 Å². The van der Waals surface area contributed by atoms with Gasteiger partial charge < -0.3 is 10.6 Å². The van der Waals surface area contributed by atoms with Crippen LogP contribution in [0.15, 0.2) is 48.1 Å². The second-order valence-electron chi connectivity index (χ2n) is 7.57. The zero-order valence-corrected chi connectivity index (χ0v) is 17.5. The van der Waals surface area contributed by atoms with Gasteiger partial charge in [0.05, 0.1) is 24.5 Å². The van der Waals surface area contributed by atoms with Crippen LogP contribution in [-0.2, 0) is 6.42 Å². The molecule has 4 rings (SSSR count). The summed E-state index contributed by atoms with van der Waals surface area (Å²) < 4.78 is 39.9. The molecule has 0 radical (unpaired) electrons. The minimum absolute atomic E-state index is 0.0985. The van der Waals surface area contributed by atoms with E-state index < -0.39 is 12.6 Å². The lowest BCUT2D eigenvalue weighted by Gasteiger charge is -2.33. The maximum Gasteiger partial charge on any atom is 0.394 e. The highest BCUT2D eigenvalue weighted by molar-refractivity contribution is 5.97. The Morgan fingerprint density at radius 3 is 2.88 bits per heavy atom. The Balaban J connectivity index is 1.63. The quantitative estimate of drug-likeness (QED) is 0.608. The monoisotopic (exact) mass is 444 g/mol. The number of fused-ring (bicyclic) bond motifs is 1. The Bertz CT molecular complexity index is 1150. The SMILES string of the molecule is CN=C(C=CN)C1CCCN(c2ccnc(-c3cnc4cnc(CC(F)(F)F)cn34)n2)C1. The molecule has 4 heterocycles. The van der Waals surface area contributed by atoms with Crippen LogP contribution in [0.3, 0.4) is 0 Å². The van der Waals surface area contributed by atoms with Crippen molar-refractivity contribution in [2.24, 2.45) is 16.6 Å². The third-order valence-electron chi connectivity index (χ3n) is 5.39. The number of hydrogen-bond acceptors (Lipinski definition) is 7. The molecule has 1 fully saturated rings. The topological polar surface area (TPSA) is 97.6 Å². The molecule has 3 aromatic rings. The van der Waals surface area contributed by atoms with Crippen molar-refractivity contribution in [3.8, 4) is 11.5 Å². The Kier molecular flexibility index (Phi) is 6.06. The van der Waals surface area contributed by atoms with Crippen LogP contribution in [-0.4, -0.2) is 56.4 Å². The highest BCUT2D eigenvalue weighted by Crippen LogP contribution is 2.26. The van der Waals surface area contributed by atoms with E-state index >= 15 is 0 Å². The summed E-state index contributed by atoms with van der Waals surface area (Å²) in [5.41, 5.74) is 7.32. The van der Waals surface area contributed by atoms with Gasteiger partial charge in [0.2, 0.25) is 0 Å². The first kappa shape index (κ1) is 21.7. The smallest absolute Gasteiger partial charge is 0.394 e. The fraction of sp³-hybridized carbons (Fsp3) is 0.381. The van der Waals surface area contributed by atoms with E-state index in [1.54, 1.807) is 23.8 Å². The summed E-state index contributed by atoms with van der Waals surface area (Å²) in [7, 11) is 1.75. The van der Waals surface area contributed by atoms with E-state index in [0.717, 1.165) is 37.5 Å². The van der Waals surface area contributed by atoms with E-state index in [-0.39, 0.29) is 11.6 Å². The first-order valence-corrected chi connectivity index (χ1v) is 10.2. The van der Waals surface area contributed by atoms with Crippen molar-refractivity contribution in [3.63, 3.8) is 0 Å². The lowest BCUT2D eigenvalue weighted by molar-refractivity contribution is -0.127. The van der Waals surface area contributed by atoms with Gasteiger partial charge in [-0.15, -0.1) is 0 Å². The molecule has 1 aliphatic heterocycles. The summed E-state index contributed by atoms with van der Waals surface area (Å²) >= 11 is 0. The Morgan fingerprint density at radius 2 is 2.12 bits per heavy atom. The normalized spacial score (nSPS) is 18.1. The van der Waals surface area contributed by atoms with Gasteiger partial charge in [-0.3, -0.25) is 14.4 Å². The number of anilines is 1. The standard InChI is InChI=1S/C21H23F3N8/c1-26-16(4-6-25)14-3-2-8-31(12-14)18-5-7-27-20(30-18)17-10-29-19-11-28-15(13-32(17)19)9-21(22,23)24/h4-7,10-11,13-14H,2-3,8-9,12,25H2,1H3. The average molecular weight is 444 g/mol. The molecule has 32 heavy (non-hydrogen) atoms. The predicted molar refractivity (Wildman–Crippen MR) is 115 cm³/mol. The van der Waals surface area contributed by atoms with Gasteiger partial charge in [0.1, 0.15) is 11.5 Å². The Labute approximate surface area is 182 Å². The van der Waals surface area contributed by atoms with E-state index in [9.17, 15) is 13.2 Å². The van der Waals surface area contributed by atoms with Gasteiger partial charge in [-0.25, -0.2) is 15.0 Å². The van der Waals surface area contributed by atoms with E-state index in [1.165, 1.54) is 18.6 Å². The average Bonchev–Trinajstić information content (AvgIpc) is 3.20. The number of hydrogen-bond donors (Lipinski definition) is 1. The summed E-state index contributed by atoms with van der Waals surface area (Å²) in [6.45, 7) is 1.57. The largest absolute Gasteiger partial charge is 0.405 e. The second kappa shape index (κ2) is 8.93. The van der Waals surface area contributed by atoms with E-state index in [1.807, 2.05) is 12.1 Å². The fourth-order valence-electron chi connectivity index (χ4n) is 3.96. The van der Waals surface area contributed by atoms with Crippen LogP contribution in [0.2, 0.25) is 0 Å². The number of aliphatic imine (C=N–C) groups is 1. The van der Waals surface area contributed by atoms with Gasteiger partial charge in [-0.2, -0.15) is 13.2 Å². The maximum absolute atomic E-state index is 12.8. The molecule has 168 valence electrons. The molecule has 3 aromatic heterocycles. The van der Waals surface area contributed by atoms with E-state index in [2.05, 4.69) is 29.8 Å². The van der Waals surface area contributed by atoms with Gasteiger partial charge >= 0.3 is 6.18 Å². The Morgan fingerprint density at radius 1 is 1.28 bits per heavy atom. The molecule has 1 atom stereocenters. The molecule has 1 aliphatic rings. The molecule has 1 unspecified atom stereocenters. The highest BCUT2D eigenvalue weighted by Gasteiger charge is 2.29. The number of allylic oxidation sites excluding steroid dienone is 1. The number of nitrogens with two attached hydrogens (primary N) is 1. The number of halogens is 3. The summed E-state index contributed by atoms with van der Waals surface area (Å²) in [6, 6.07) is 1.83. The van der Waals surface area contributed by atoms with E-state index in [4.69, 9.17) is 5.73 Å². The predicted octanol–water partition coefficient (Wildman–Crippen LogP) is 3.05. The van der Waals surface area contributed by atoms with Gasteiger partial charge in [-0.1, -0.05) is 0 Å². The van der Waals surface area contributed by atoms with Crippen molar-refractivity contribution in [3.05, 3.63) is 48.8 Å². The molecular formula is C21H23F3N8. The highest BCUT2D eigenvalue weighted by atomic mass is 19.4. The zero-order valence-electron chi connectivity index (χ0n) is 17.5. The molecule has 0 spiro atoms. The first-order valence-electron chi connectivity index (χ1n) is 10.2. The summed E-state index contributed by atoms with van der Waals surface area (Å²) in [5.74, 6) is 1.36. The van der Waals surface area contributed by atoms with Crippen molar-refractivity contribution in [1.29, 1.82) is 0 Å². The van der Waals surface area contributed by atoms with Crippen LogP contribution in [0, 0.1) is 5.92 Å². The molecule has 0 aliphatic carbocycles. The molecule has 1 saturated heterocycles. The molecule has 0 saturated carbocycles. The molecule has 0 bridgehead atoms. The third kappa shape index (κ3) is 4.71. The summed E-state index contributed by atoms with van der Waals surface area (Å²) in [6.07, 6.45) is 5.69. The fourth-order valence-corrected chi connectivity index (χ4v) is 3.96. The summed E-state index contributed by atoms with van der Waals surface area (Å²) in [5, 5.41) is 0. The number of piperidine rings is 1. The van der Waals surface area contributed by atoms with Gasteiger partial charge in [0.15, 0.2) is 11.5 Å². The van der Waals surface area contributed by atoms with Crippen molar-refractivity contribution in [2.75, 3.05) is 25.0 Å². The molecule has 0 aromatic carbocycles. The first-order chi connectivity index (χ1) is 15.4. The lowest BCUT2D eigenvalue weighted by atomic mass is 9.93. The van der Waals surface area contributed by atoms with Crippen molar-refractivity contribution in [2.45, 2.75) is 25.4 Å². The molecule has 11 heteroatoms. The molecule has 0 amide bonds. The third-order valence-corrected chi connectivity index (χ3v) is 5.39. The number of rotatable bonds is 5. The summed E-state index contributed by atoms with van der Waals surface area (Å²) in [4.78, 5) is 23.6. The Hall–Kier alpha value is -3.50. The minimum atomic E-state index is -4.34. The van der Waals surface area contributed by atoms with Crippen LogP contribution in [0.4, 0.5) is 19.0 Å². The number of nitrogens with zero attached hydrogens (tertiary/aromatic N) is 7.